The molecule has 1 amide bonds. The molecule has 0 aromatic carbocycles. The molecule has 1 heterocycles. The van der Waals surface area contributed by atoms with E-state index < -0.39 is 15.7 Å². The molecule has 8 heteroatoms. The van der Waals surface area contributed by atoms with Crippen LogP contribution in [0, 0.1) is 11.3 Å². The summed E-state index contributed by atoms with van der Waals surface area (Å²) in [5.41, 5.74) is -0.936. The normalized spacial score (nSPS) is 27.2. The number of alkyl halides is 2. The fourth-order valence-corrected chi connectivity index (χ4v) is 3.22. The Morgan fingerprint density at radius 2 is 1.77 bits per heavy atom. The first kappa shape index (κ1) is 17.3. The van der Waals surface area contributed by atoms with Crippen LogP contribution in [0.4, 0.5) is 0 Å². The molecular weight excluding hydrogens is 333 g/mol. The molecule has 0 bridgehead atoms. The number of carbonyl (C=O) groups excluding carboxylic acids is 3. The minimum Gasteiger partial charge on any atom is -0.469 e. The van der Waals surface area contributed by atoms with Crippen LogP contribution in [-0.4, -0.2) is 53.9 Å². The van der Waals surface area contributed by atoms with E-state index in [4.69, 9.17) is 32.7 Å². The fourth-order valence-electron chi connectivity index (χ4n) is 2.53. The fraction of sp³-hybridized carbons (Fsp3) is 0.786. The van der Waals surface area contributed by atoms with Crippen LogP contribution in [0.3, 0.4) is 0 Å². The monoisotopic (exact) mass is 351 g/mol. The third kappa shape index (κ3) is 3.33. The average Bonchev–Trinajstić information content (AvgIpc) is 3.03. The zero-order valence-electron chi connectivity index (χ0n) is 12.6. The lowest BCUT2D eigenvalue weighted by Gasteiger charge is -2.30. The maximum atomic E-state index is 12.0. The summed E-state index contributed by atoms with van der Waals surface area (Å²) >= 11 is 11.8. The molecule has 1 atom stereocenters. The van der Waals surface area contributed by atoms with E-state index in [-0.39, 0.29) is 24.4 Å². The number of carbonyl (C=O) groups is 3. The number of methoxy groups -OCH3 is 1. The molecule has 1 aliphatic carbocycles. The first-order valence-corrected chi connectivity index (χ1v) is 7.87. The first-order valence-electron chi connectivity index (χ1n) is 7.12. The zero-order valence-corrected chi connectivity index (χ0v) is 14.1. The van der Waals surface area contributed by atoms with Crippen LogP contribution in [0.5, 0.6) is 0 Å². The van der Waals surface area contributed by atoms with Crippen molar-refractivity contribution in [2.75, 3.05) is 26.8 Å². The van der Waals surface area contributed by atoms with Gasteiger partial charge in [-0.3, -0.25) is 14.4 Å². The van der Waals surface area contributed by atoms with Crippen LogP contribution in [0.2, 0.25) is 0 Å². The van der Waals surface area contributed by atoms with Crippen molar-refractivity contribution in [1.29, 1.82) is 0 Å². The van der Waals surface area contributed by atoms with Gasteiger partial charge in [0.2, 0.25) is 0 Å². The van der Waals surface area contributed by atoms with Gasteiger partial charge < -0.3 is 14.4 Å². The van der Waals surface area contributed by atoms with E-state index in [9.17, 15) is 14.4 Å². The molecule has 1 aliphatic heterocycles. The van der Waals surface area contributed by atoms with Crippen LogP contribution >= 0.6 is 23.2 Å². The van der Waals surface area contributed by atoms with E-state index in [0.717, 1.165) is 0 Å². The van der Waals surface area contributed by atoms with Gasteiger partial charge in [-0.05, 0) is 19.8 Å². The Kier molecular flexibility index (Phi) is 4.92. The number of hydrogen-bond acceptors (Lipinski definition) is 5. The van der Waals surface area contributed by atoms with Crippen molar-refractivity contribution in [1.82, 2.24) is 4.90 Å². The Labute approximate surface area is 139 Å². The molecule has 0 aromatic rings. The SMILES string of the molecule is COC(=O)C1CCN(C(=O)COC(=O)C2(C)CC2(Cl)Cl)CC1. The van der Waals surface area contributed by atoms with Gasteiger partial charge in [0.05, 0.1) is 13.0 Å². The van der Waals surface area contributed by atoms with E-state index >= 15 is 0 Å². The number of amides is 1. The highest BCUT2D eigenvalue weighted by Gasteiger charge is 2.69. The van der Waals surface area contributed by atoms with E-state index in [1.165, 1.54) is 7.11 Å². The van der Waals surface area contributed by atoms with Gasteiger partial charge in [-0.15, -0.1) is 23.2 Å². The van der Waals surface area contributed by atoms with Crippen LogP contribution in [0.1, 0.15) is 26.2 Å². The molecule has 1 unspecified atom stereocenters. The number of nitrogens with zero attached hydrogens (tertiary/aromatic N) is 1. The van der Waals surface area contributed by atoms with E-state index in [0.29, 0.717) is 32.4 Å². The van der Waals surface area contributed by atoms with Crippen LogP contribution in [-0.2, 0) is 23.9 Å². The molecule has 0 spiro atoms. The number of halogens is 2. The zero-order chi connectivity index (χ0) is 16.5. The Hall–Kier alpha value is -1.01. The molecule has 2 aliphatic rings. The predicted octanol–water partition coefficient (Wildman–Crippen LogP) is 1.53. The van der Waals surface area contributed by atoms with Crippen LogP contribution in [0.15, 0.2) is 0 Å². The van der Waals surface area contributed by atoms with Gasteiger partial charge in [0.25, 0.3) is 5.91 Å². The average molecular weight is 352 g/mol. The molecule has 0 aromatic heterocycles. The molecule has 22 heavy (non-hydrogen) atoms. The maximum Gasteiger partial charge on any atom is 0.315 e. The third-order valence-electron chi connectivity index (χ3n) is 4.42. The lowest BCUT2D eigenvalue weighted by atomic mass is 9.97. The van der Waals surface area contributed by atoms with Crippen molar-refractivity contribution in [2.45, 2.75) is 30.5 Å². The van der Waals surface area contributed by atoms with Crippen molar-refractivity contribution >= 4 is 41.0 Å². The molecule has 0 radical (unpaired) electrons. The number of likely N-dealkylation sites (tertiary alicyclic amines) is 1. The quantitative estimate of drug-likeness (QED) is 0.567. The molecule has 2 fully saturated rings. The topological polar surface area (TPSA) is 72.9 Å². The molecular formula is C14H19Cl2NO5. The van der Waals surface area contributed by atoms with Gasteiger partial charge >= 0.3 is 11.9 Å². The van der Waals surface area contributed by atoms with Gasteiger partial charge in [0.15, 0.2) is 6.61 Å². The first-order chi connectivity index (χ1) is 10.2. The molecule has 124 valence electrons. The Balaban J connectivity index is 1.75. The van der Waals surface area contributed by atoms with Crippen LogP contribution in [0.25, 0.3) is 0 Å². The smallest absolute Gasteiger partial charge is 0.315 e. The van der Waals surface area contributed by atoms with E-state index in [1.54, 1.807) is 11.8 Å². The predicted molar refractivity (Wildman–Crippen MR) is 79.4 cm³/mol. The highest BCUT2D eigenvalue weighted by molar-refractivity contribution is 6.53. The summed E-state index contributed by atoms with van der Waals surface area (Å²) in [6.07, 6.45) is 1.42. The van der Waals surface area contributed by atoms with Gasteiger partial charge in [0, 0.05) is 19.5 Å². The second-order valence-corrected chi connectivity index (χ2v) is 7.45. The lowest BCUT2D eigenvalue weighted by molar-refractivity contribution is -0.157. The van der Waals surface area contributed by atoms with Crippen molar-refractivity contribution in [3.63, 3.8) is 0 Å². The number of ether oxygens (including phenoxy) is 2. The highest BCUT2D eigenvalue weighted by Crippen LogP contribution is 2.64. The summed E-state index contributed by atoms with van der Waals surface area (Å²) < 4.78 is 8.61. The minimum atomic E-state index is -1.11. The third-order valence-corrected chi connectivity index (χ3v) is 5.52. The molecule has 6 nitrogen and oxygen atoms in total. The summed E-state index contributed by atoms with van der Waals surface area (Å²) in [6.45, 7) is 2.17. The number of rotatable bonds is 4. The Bertz CT molecular complexity index is 488. The molecule has 1 saturated carbocycles. The summed E-state index contributed by atoms with van der Waals surface area (Å²) in [6, 6.07) is 0. The summed E-state index contributed by atoms with van der Waals surface area (Å²) in [7, 11) is 1.35. The minimum absolute atomic E-state index is 0.171. The van der Waals surface area contributed by atoms with Gasteiger partial charge in [-0.2, -0.15) is 0 Å². The number of esters is 2. The van der Waals surface area contributed by atoms with Crippen LogP contribution < -0.4 is 0 Å². The Morgan fingerprint density at radius 3 is 2.23 bits per heavy atom. The Morgan fingerprint density at radius 1 is 1.23 bits per heavy atom. The summed E-state index contributed by atoms with van der Waals surface area (Å²) in [4.78, 5) is 36.9. The lowest BCUT2D eigenvalue weighted by Crippen LogP contribution is -2.42. The van der Waals surface area contributed by atoms with E-state index in [1.807, 2.05) is 0 Å². The van der Waals surface area contributed by atoms with Crippen molar-refractivity contribution in [3.05, 3.63) is 0 Å². The highest BCUT2D eigenvalue weighted by atomic mass is 35.5. The summed E-state index contributed by atoms with van der Waals surface area (Å²) in [5, 5.41) is 0. The van der Waals surface area contributed by atoms with E-state index in [2.05, 4.69) is 0 Å². The standard InChI is InChI=1S/C14H19Cl2NO5/c1-13(8-14(13,15)16)12(20)22-7-10(18)17-5-3-9(4-6-17)11(19)21-2/h9H,3-8H2,1-2H3. The van der Waals surface area contributed by atoms with Gasteiger partial charge in [-0.25, -0.2) is 0 Å². The summed E-state index contributed by atoms with van der Waals surface area (Å²) in [5.74, 6) is -1.26. The van der Waals surface area contributed by atoms with Crippen molar-refractivity contribution in [3.8, 4) is 0 Å². The number of hydrogen-bond donors (Lipinski definition) is 0. The number of piperidine rings is 1. The van der Waals surface area contributed by atoms with Crippen molar-refractivity contribution < 1.29 is 23.9 Å². The molecule has 1 saturated heterocycles. The maximum absolute atomic E-state index is 12.0. The second-order valence-electron chi connectivity index (χ2n) is 5.97. The largest absolute Gasteiger partial charge is 0.469 e. The van der Waals surface area contributed by atoms with Gasteiger partial charge in [-0.1, -0.05) is 0 Å². The molecule has 0 N–H and O–H groups in total. The van der Waals surface area contributed by atoms with Crippen molar-refractivity contribution in [2.24, 2.45) is 11.3 Å². The second kappa shape index (κ2) is 6.24. The molecule has 2 rings (SSSR count). The van der Waals surface area contributed by atoms with Gasteiger partial charge in [0.1, 0.15) is 9.75 Å².